The molecule has 4 rings (SSSR count). The van der Waals surface area contributed by atoms with Gasteiger partial charge in [0.1, 0.15) is 11.2 Å². The highest BCUT2D eigenvalue weighted by Gasteiger charge is 2.33. The van der Waals surface area contributed by atoms with E-state index in [0.717, 1.165) is 17.5 Å². The molecule has 0 saturated heterocycles. The van der Waals surface area contributed by atoms with Crippen LogP contribution in [0.2, 0.25) is 0 Å². The van der Waals surface area contributed by atoms with Gasteiger partial charge in [-0.1, -0.05) is 6.08 Å². The van der Waals surface area contributed by atoms with Crippen LogP contribution in [0.15, 0.2) is 35.9 Å². The summed E-state index contributed by atoms with van der Waals surface area (Å²) in [5, 5.41) is 11.0. The highest BCUT2D eigenvalue weighted by Crippen LogP contribution is 2.36. The normalized spacial score (nSPS) is 19.3. The second-order valence-electron chi connectivity index (χ2n) is 6.62. The van der Waals surface area contributed by atoms with Gasteiger partial charge in [0.2, 0.25) is 0 Å². The van der Waals surface area contributed by atoms with Crippen LogP contribution in [0.25, 0.3) is 16.9 Å². The van der Waals surface area contributed by atoms with Gasteiger partial charge in [0.15, 0.2) is 11.5 Å². The van der Waals surface area contributed by atoms with Crippen LogP contribution in [-0.2, 0) is 18.6 Å². The Bertz CT molecular complexity index is 1060. The zero-order chi connectivity index (χ0) is 17.8. The molecule has 3 heterocycles. The third kappa shape index (κ3) is 2.31. The van der Waals surface area contributed by atoms with E-state index in [1.54, 1.807) is 37.0 Å². The topological polar surface area (TPSA) is 85.8 Å². The van der Waals surface area contributed by atoms with Crippen LogP contribution in [0, 0.1) is 6.92 Å². The second-order valence-corrected chi connectivity index (χ2v) is 6.62. The van der Waals surface area contributed by atoms with Crippen molar-refractivity contribution in [3.05, 3.63) is 58.4 Å². The number of rotatable bonds is 3. The number of hydrogen-bond acceptors (Lipinski definition) is 5. The number of aromatic nitrogens is 5. The number of aliphatic hydroxyl groups is 1. The molecular formula is C18H19N5O2. The second kappa shape index (κ2) is 5.35. The minimum atomic E-state index is -0.884. The number of aryl methyl sites for hydroxylation is 2. The first kappa shape index (κ1) is 15.7. The van der Waals surface area contributed by atoms with E-state index in [1.165, 1.54) is 4.68 Å². The molecule has 0 bridgehead atoms. The van der Waals surface area contributed by atoms with E-state index in [-0.39, 0.29) is 5.56 Å². The zero-order valence-corrected chi connectivity index (χ0v) is 14.2. The molecule has 1 N–H and O–H groups in total. The van der Waals surface area contributed by atoms with Crippen LogP contribution >= 0.6 is 0 Å². The molecule has 3 aromatic heterocycles. The fourth-order valence-electron chi connectivity index (χ4n) is 3.44. The van der Waals surface area contributed by atoms with Gasteiger partial charge in [-0.25, -0.2) is 24.3 Å². The Morgan fingerprint density at radius 1 is 1.40 bits per heavy atom. The van der Waals surface area contributed by atoms with Crippen LogP contribution in [0.3, 0.4) is 0 Å². The Hall–Kier alpha value is -2.80. The van der Waals surface area contributed by atoms with Crippen LogP contribution in [-0.4, -0.2) is 29.4 Å². The largest absolute Gasteiger partial charge is 0.385 e. The Morgan fingerprint density at radius 2 is 2.20 bits per heavy atom. The van der Waals surface area contributed by atoms with Gasteiger partial charge in [-0.15, -0.1) is 6.58 Å². The number of hydrogen-bond donors (Lipinski definition) is 1. The number of allylic oxidation sites excluding steroid dienone is 1. The maximum absolute atomic E-state index is 12.7. The summed E-state index contributed by atoms with van der Waals surface area (Å²) >= 11 is 0. The van der Waals surface area contributed by atoms with Crippen molar-refractivity contribution in [3.8, 4) is 5.82 Å². The van der Waals surface area contributed by atoms with Gasteiger partial charge in [-0.3, -0.25) is 4.79 Å². The molecule has 0 radical (unpaired) electrons. The number of nitrogens with zero attached hydrogens (tertiary/aromatic N) is 5. The van der Waals surface area contributed by atoms with E-state index in [9.17, 15) is 9.90 Å². The summed E-state index contributed by atoms with van der Waals surface area (Å²) in [7, 11) is 0. The van der Waals surface area contributed by atoms with Gasteiger partial charge < -0.3 is 5.11 Å². The van der Waals surface area contributed by atoms with Crippen molar-refractivity contribution in [3.63, 3.8) is 0 Å². The molecule has 3 aromatic rings. The maximum atomic E-state index is 12.7. The van der Waals surface area contributed by atoms with E-state index in [4.69, 9.17) is 0 Å². The molecule has 25 heavy (non-hydrogen) atoms. The lowest BCUT2D eigenvalue weighted by molar-refractivity contribution is 0.0594. The lowest BCUT2D eigenvalue weighted by Gasteiger charge is -2.18. The molecule has 0 amide bonds. The summed E-state index contributed by atoms with van der Waals surface area (Å²) in [5.41, 5.74) is 1.31. The third-order valence-electron chi connectivity index (χ3n) is 4.75. The lowest BCUT2D eigenvalue weighted by atomic mass is 10.00. The molecule has 7 nitrogen and oxygen atoms in total. The van der Waals surface area contributed by atoms with Crippen molar-refractivity contribution >= 4 is 11.0 Å². The van der Waals surface area contributed by atoms with Crippen LogP contribution < -0.4 is 5.56 Å². The molecule has 0 aromatic carbocycles. The van der Waals surface area contributed by atoms with Gasteiger partial charge >= 0.3 is 0 Å². The number of pyridine rings is 1. The minimum absolute atomic E-state index is 0.191. The fraction of sp³-hybridized carbons (Fsp3) is 0.333. The van der Waals surface area contributed by atoms with Crippen molar-refractivity contribution < 1.29 is 5.11 Å². The quantitative estimate of drug-likeness (QED) is 0.734. The van der Waals surface area contributed by atoms with Gasteiger partial charge in [0, 0.05) is 12.4 Å². The molecule has 1 unspecified atom stereocenters. The fourth-order valence-corrected chi connectivity index (χ4v) is 3.44. The van der Waals surface area contributed by atoms with Crippen LogP contribution in [0.4, 0.5) is 0 Å². The van der Waals surface area contributed by atoms with E-state index in [0.29, 0.717) is 35.6 Å². The molecule has 0 spiro atoms. The Labute approximate surface area is 144 Å². The van der Waals surface area contributed by atoms with E-state index in [1.807, 2.05) is 6.07 Å². The first-order chi connectivity index (χ1) is 11.9. The summed E-state index contributed by atoms with van der Waals surface area (Å²) < 4.78 is 3.22. The van der Waals surface area contributed by atoms with Crippen LogP contribution in [0.5, 0.6) is 0 Å². The molecule has 7 heteroatoms. The zero-order valence-electron chi connectivity index (χ0n) is 14.2. The van der Waals surface area contributed by atoms with E-state index >= 15 is 0 Å². The minimum Gasteiger partial charge on any atom is -0.385 e. The highest BCUT2D eigenvalue weighted by atomic mass is 16.3. The maximum Gasteiger partial charge on any atom is 0.278 e. The Balaban J connectivity index is 2.04. The summed E-state index contributed by atoms with van der Waals surface area (Å²) in [5.74, 6) is 1.12. The van der Waals surface area contributed by atoms with Crippen molar-refractivity contribution in [1.29, 1.82) is 0 Å². The Morgan fingerprint density at radius 3 is 2.96 bits per heavy atom. The average Bonchev–Trinajstić information content (AvgIpc) is 3.02. The van der Waals surface area contributed by atoms with Crippen molar-refractivity contribution in [2.24, 2.45) is 0 Å². The molecule has 0 aliphatic heterocycles. The van der Waals surface area contributed by atoms with E-state index < -0.39 is 5.60 Å². The summed E-state index contributed by atoms with van der Waals surface area (Å²) in [6.07, 6.45) is 6.43. The Kier molecular flexibility index (Phi) is 3.36. The molecule has 0 saturated carbocycles. The standard InChI is InChI=1S/C18H19N5O2/c1-4-7-22-17(24)13-10-19-11(2)21-16(13)23(22)15-8-14-12(9-20-15)5-6-18(14,3)25/h4,8-10,25H,1,5-7H2,2-3H3. The first-order valence-corrected chi connectivity index (χ1v) is 8.20. The van der Waals surface area contributed by atoms with E-state index in [2.05, 4.69) is 21.5 Å². The van der Waals surface area contributed by atoms with Crippen molar-refractivity contribution in [2.75, 3.05) is 0 Å². The predicted molar refractivity (Wildman–Crippen MR) is 93.7 cm³/mol. The smallest absolute Gasteiger partial charge is 0.278 e. The summed E-state index contributed by atoms with van der Waals surface area (Å²) in [6, 6.07) is 1.85. The summed E-state index contributed by atoms with van der Waals surface area (Å²) in [4.78, 5) is 25.8. The number of fused-ring (bicyclic) bond motifs is 2. The van der Waals surface area contributed by atoms with Crippen LogP contribution in [0.1, 0.15) is 30.3 Å². The molecule has 1 aliphatic carbocycles. The summed E-state index contributed by atoms with van der Waals surface area (Å²) in [6.45, 7) is 7.64. The van der Waals surface area contributed by atoms with Crippen molar-refractivity contribution in [2.45, 2.75) is 38.8 Å². The molecule has 128 valence electrons. The van der Waals surface area contributed by atoms with Gasteiger partial charge in [0.05, 0.1) is 12.1 Å². The molecule has 0 fully saturated rings. The monoisotopic (exact) mass is 337 g/mol. The molecule has 1 atom stereocenters. The van der Waals surface area contributed by atoms with Gasteiger partial charge in [-0.2, -0.15) is 0 Å². The molecule has 1 aliphatic rings. The van der Waals surface area contributed by atoms with Gasteiger partial charge in [0.25, 0.3) is 5.56 Å². The first-order valence-electron chi connectivity index (χ1n) is 8.20. The predicted octanol–water partition coefficient (Wildman–Crippen LogP) is 1.63. The lowest BCUT2D eigenvalue weighted by Crippen LogP contribution is -2.23. The molecular weight excluding hydrogens is 318 g/mol. The third-order valence-corrected chi connectivity index (χ3v) is 4.75. The average molecular weight is 337 g/mol. The van der Waals surface area contributed by atoms with Gasteiger partial charge in [-0.05, 0) is 43.9 Å². The highest BCUT2D eigenvalue weighted by molar-refractivity contribution is 5.75. The SMILES string of the molecule is C=CCn1c(=O)c2cnc(C)nc2n1-c1cc2c(cn1)CCC2(C)O. The van der Waals surface area contributed by atoms with Crippen molar-refractivity contribution in [1.82, 2.24) is 24.3 Å².